The average Bonchev–Trinajstić information content (AvgIpc) is 1.79. The maximum Gasteiger partial charge on any atom is 0.222 e. The minimum absolute atomic E-state index is 0.0975. The molecule has 52 valence electrons. The highest BCUT2D eigenvalue weighted by molar-refractivity contribution is 5.82. The van der Waals surface area contributed by atoms with Crippen LogP contribution in [0.5, 0.6) is 0 Å². The van der Waals surface area contributed by atoms with Crippen molar-refractivity contribution in [2.45, 2.75) is 19.4 Å². The maximum absolute atomic E-state index is 10.3. The summed E-state index contributed by atoms with van der Waals surface area (Å²) in [5.41, 5.74) is 0. The van der Waals surface area contributed by atoms with E-state index in [0.29, 0.717) is 6.42 Å². The van der Waals surface area contributed by atoms with Crippen LogP contribution in [0.4, 0.5) is 0 Å². The van der Waals surface area contributed by atoms with Crippen LogP contribution in [0.2, 0.25) is 0 Å². The number of carbonyl (C=O) groups is 1. The number of hydrogen-bond acceptors (Lipinski definition) is 2. The highest BCUT2D eigenvalue weighted by atomic mass is 16.3. The molecule has 0 saturated carbocycles. The van der Waals surface area contributed by atoms with Crippen LogP contribution in [0.1, 0.15) is 13.3 Å². The van der Waals surface area contributed by atoms with Crippen molar-refractivity contribution in [3.63, 3.8) is 0 Å². The van der Waals surface area contributed by atoms with E-state index >= 15 is 0 Å². The second-order valence-electron chi connectivity index (χ2n) is 2.54. The summed E-state index contributed by atoms with van der Waals surface area (Å²) in [7, 11) is 0. The van der Waals surface area contributed by atoms with E-state index in [2.05, 4.69) is 5.32 Å². The molecule has 0 aromatic rings. The monoisotopic (exact) mass is 129 g/mol. The van der Waals surface area contributed by atoms with Gasteiger partial charge in [0.1, 0.15) is 0 Å². The van der Waals surface area contributed by atoms with E-state index in [4.69, 9.17) is 5.11 Å². The normalized spacial score (nSPS) is 28.7. The quantitative estimate of drug-likeness (QED) is 0.494. The number of β-lactam (4-membered cyclic amide) rings is 1. The van der Waals surface area contributed by atoms with Gasteiger partial charge in [-0.2, -0.15) is 0 Å². The number of nitrogens with one attached hydrogen (secondary N) is 1. The SMILES string of the molecule is CC(CO)C1CC(=O)N1. The molecule has 1 aliphatic rings. The summed E-state index contributed by atoms with van der Waals surface area (Å²) in [6.07, 6.45) is 0.585. The van der Waals surface area contributed by atoms with E-state index in [1.807, 2.05) is 6.92 Å². The fourth-order valence-electron chi connectivity index (χ4n) is 0.856. The molecule has 1 amide bonds. The maximum atomic E-state index is 10.3. The summed E-state index contributed by atoms with van der Waals surface area (Å²) in [6.45, 7) is 2.08. The summed E-state index contributed by atoms with van der Waals surface area (Å²) >= 11 is 0. The molecule has 0 radical (unpaired) electrons. The van der Waals surface area contributed by atoms with Crippen molar-refractivity contribution in [2.24, 2.45) is 5.92 Å². The van der Waals surface area contributed by atoms with E-state index in [9.17, 15) is 4.79 Å². The summed E-state index contributed by atoms with van der Waals surface area (Å²) in [5, 5.41) is 11.3. The molecule has 0 spiro atoms. The predicted octanol–water partition coefficient (Wildman–Crippen LogP) is -0.497. The molecule has 1 fully saturated rings. The zero-order valence-corrected chi connectivity index (χ0v) is 5.42. The van der Waals surface area contributed by atoms with E-state index in [0.717, 1.165) is 0 Å². The van der Waals surface area contributed by atoms with Gasteiger partial charge in [-0.25, -0.2) is 0 Å². The van der Waals surface area contributed by atoms with Crippen LogP contribution in [-0.4, -0.2) is 23.7 Å². The summed E-state index contributed by atoms with van der Waals surface area (Å²) in [4.78, 5) is 10.3. The Hall–Kier alpha value is -0.570. The first-order valence-electron chi connectivity index (χ1n) is 3.14. The van der Waals surface area contributed by atoms with Crippen LogP contribution < -0.4 is 5.32 Å². The molecular weight excluding hydrogens is 118 g/mol. The highest BCUT2D eigenvalue weighted by Crippen LogP contribution is 2.13. The molecule has 1 heterocycles. The molecule has 3 heteroatoms. The third-order valence-electron chi connectivity index (χ3n) is 1.73. The first-order chi connectivity index (χ1) is 4.24. The molecule has 2 atom stereocenters. The second-order valence-corrected chi connectivity index (χ2v) is 2.54. The van der Waals surface area contributed by atoms with Crippen molar-refractivity contribution in [1.82, 2.24) is 5.32 Å². The summed E-state index contributed by atoms with van der Waals surface area (Å²) in [6, 6.07) is 0.225. The fraction of sp³-hybridized carbons (Fsp3) is 0.833. The third-order valence-corrected chi connectivity index (χ3v) is 1.73. The lowest BCUT2D eigenvalue weighted by Crippen LogP contribution is -2.52. The lowest BCUT2D eigenvalue weighted by Gasteiger charge is -2.31. The Kier molecular flexibility index (Phi) is 1.71. The molecule has 3 nitrogen and oxygen atoms in total. The van der Waals surface area contributed by atoms with Gasteiger partial charge < -0.3 is 10.4 Å². The van der Waals surface area contributed by atoms with Gasteiger partial charge in [-0.3, -0.25) is 4.79 Å². The molecule has 0 bridgehead atoms. The lowest BCUT2D eigenvalue weighted by atomic mass is 9.94. The van der Waals surface area contributed by atoms with Crippen LogP contribution in [0.25, 0.3) is 0 Å². The Morgan fingerprint density at radius 3 is 2.89 bits per heavy atom. The van der Waals surface area contributed by atoms with Crippen molar-refractivity contribution in [3.05, 3.63) is 0 Å². The average molecular weight is 129 g/mol. The van der Waals surface area contributed by atoms with Crippen LogP contribution in [-0.2, 0) is 4.79 Å². The van der Waals surface area contributed by atoms with Gasteiger partial charge in [0.2, 0.25) is 5.91 Å². The molecule has 2 N–H and O–H groups in total. The number of aliphatic hydroxyl groups excluding tert-OH is 1. The van der Waals surface area contributed by atoms with Gasteiger partial charge in [0, 0.05) is 19.1 Å². The number of hydrogen-bond donors (Lipinski definition) is 2. The van der Waals surface area contributed by atoms with Crippen molar-refractivity contribution < 1.29 is 9.90 Å². The van der Waals surface area contributed by atoms with Gasteiger partial charge in [0.05, 0.1) is 0 Å². The molecule has 1 rings (SSSR count). The van der Waals surface area contributed by atoms with Crippen molar-refractivity contribution in [1.29, 1.82) is 0 Å². The number of aliphatic hydroxyl groups is 1. The lowest BCUT2D eigenvalue weighted by molar-refractivity contribution is -0.129. The Balaban J connectivity index is 2.23. The number of amides is 1. The standard InChI is InChI=1S/C6H11NO2/c1-4(3-8)5-2-6(9)7-5/h4-5,8H,2-3H2,1H3,(H,7,9). The summed E-state index contributed by atoms with van der Waals surface area (Å²) < 4.78 is 0. The first-order valence-corrected chi connectivity index (χ1v) is 3.14. The Morgan fingerprint density at radius 2 is 2.56 bits per heavy atom. The van der Waals surface area contributed by atoms with Crippen molar-refractivity contribution >= 4 is 5.91 Å². The van der Waals surface area contributed by atoms with E-state index in [-0.39, 0.29) is 24.5 Å². The minimum atomic E-state index is 0.0975. The molecule has 9 heavy (non-hydrogen) atoms. The Labute approximate surface area is 54.1 Å². The highest BCUT2D eigenvalue weighted by Gasteiger charge is 2.29. The van der Waals surface area contributed by atoms with Gasteiger partial charge in [-0.05, 0) is 5.92 Å². The Morgan fingerprint density at radius 1 is 2.00 bits per heavy atom. The molecule has 2 unspecified atom stereocenters. The second kappa shape index (κ2) is 2.35. The largest absolute Gasteiger partial charge is 0.396 e. The predicted molar refractivity (Wildman–Crippen MR) is 32.8 cm³/mol. The number of rotatable bonds is 2. The van der Waals surface area contributed by atoms with Gasteiger partial charge in [0.25, 0.3) is 0 Å². The molecule has 0 aliphatic carbocycles. The van der Waals surface area contributed by atoms with Crippen LogP contribution >= 0.6 is 0 Å². The van der Waals surface area contributed by atoms with E-state index < -0.39 is 0 Å². The zero-order valence-electron chi connectivity index (χ0n) is 5.42. The third kappa shape index (κ3) is 1.21. The Bertz CT molecular complexity index is 116. The van der Waals surface area contributed by atoms with E-state index in [1.165, 1.54) is 0 Å². The van der Waals surface area contributed by atoms with Gasteiger partial charge in [0.15, 0.2) is 0 Å². The number of carbonyl (C=O) groups excluding carboxylic acids is 1. The molecule has 0 aromatic heterocycles. The minimum Gasteiger partial charge on any atom is -0.396 e. The van der Waals surface area contributed by atoms with Crippen LogP contribution in [0, 0.1) is 5.92 Å². The molecule has 1 saturated heterocycles. The van der Waals surface area contributed by atoms with Crippen molar-refractivity contribution in [3.8, 4) is 0 Å². The fourth-order valence-corrected chi connectivity index (χ4v) is 0.856. The molecular formula is C6H11NO2. The molecule has 1 aliphatic heterocycles. The first kappa shape index (κ1) is 6.55. The van der Waals surface area contributed by atoms with Crippen LogP contribution in [0.3, 0.4) is 0 Å². The zero-order chi connectivity index (χ0) is 6.85. The van der Waals surface area contributed by atoms with E-state index in [1.54, 1.807) is 0 Å². The van der Waals surface area contributed by atoms with Crippen LogP contribution in [0.15, 0.2) is 0 Å². The molecule has 0 aromatic carbocycles. The topological polar surface area (TPSA) is 49.3 Å². The van der Waals surface area contributed by atoms with Crippen molar-refractivity contribution in [2.75, 3.05) is 6.61 Å². The summed E-state index contributed by atoms with van der Waals surface area (Å²) in [5.74, 6) is 0.308. The van der Waals surface area contributed by atoms with Gasteiger partial charge >= 0.3 is 0 Å². The van der Waals surface area contributed by atoms with Gasteiger partial charge in [-0.15, -0.1) is 0 Å². The van der Waals surface area contributed by atoms with Gasteiger partial charge in [-0.1, -0.05) is 6.92 Å². The smallest absolute Gasteiger partial charge is 0.222 e.